The Bertz CT molecular complexity index is 1120. The lowest BCUT2D eigenvalue weighted by atomic mass is 9.70. The summed E-state index contributed by atoms with van der Waals surface area (Å²) < 4.78 is 0. The molecule has 0 radical (unpaired) electrons. The van der Waals surface area contributed by atoms with Crippen LogP contribution in [0.1, 0.15) is 34.7 Å². The van der Waals surface area contributed by atoms with Crippen molar-refractivity contribution < 1.29 is 0 Å². The number of hydrogen-bond donors (Lipinski definition) is 2. The molecule has 0 amide bonds. The van der Waals surface area contributed by atoms with E-state index in [1.807, 2.05) is 18.2 Å². The zero-order valence-corrected chi connectivity index (χ0v) is 17.8. The van der Waals surface area contributed by atoms with E-state index >= 15 is 0 Å². The van der Waals surface area contributed by atoms with Gasteiger partial charge in [0, 0.05) is 16.8 Å². The largest absolute Gasteiger partial charge is 0.399 e. The third-order valence-corrected chi connectivity index (χ3v) is 6.26. The highest BCUT2D eigenvalue weighted by Gasteiger charge is 2.31. The summed E-state index contributed by atoms with van der Waals surface area (Å²) in [7, 11) is 0. The fraction of sp³-hybridized carbons (Fsp3) is 0.143. The van der Waals surface area contributed by atoms with Crippen LogP contribution in [0.5, 0.6) is 0 Å². The highest BCUT2D eigenvalue weighted by Crippen LogP contribution is 2.41. The van der Waals surface area contributed by atoms with Crippen LogP contribution in [0.4, 0.5) is 11.4 Å². The molecule has 2 nitrogen and oxygen atoms in total. The van der Waals surface area contributed by atoms with Gasteiger partial charge in [-0.2, -0.15) is 0 Å². The molecule has 2 heteroatoms. The van der Waals surface area contributed by atoms with Crippen molar-refractivity contribution >= 4 is 11.4 Å². The number of nitrogen functional groups attached to an aromatic ring is 2. The minimum Gasteiger partial charge on any atom is -0.399 e. The van der Waals surface area contributed by atoms with Gasteiger partial charge in [0.25, 0.3) is 0 Å². The molecule has 0 spiro atoms. The Morgan fingerprint density at radius 3 is 1.43 bits per heavy atom. The molecular formula is C28H28N2. The number of aryl methyl sites for hydroxylation is 2. The minimum absolute atomic E-state index is 0.327. The molecule has 0 saturated heterocycles. The van der Waals surface area contributed by atoms with Crippen molar-refractivity contribution in [3.05, 3.63) is 119 Å². The molecule has 0 aliphatic heterocycles. The topological polar surface area (TPSA) is 52.0 Å². The molecule has 0 atom stereocenters. The highest BCUT2D eigenvalue weighted by molar-refractivity contribution is 5.65. The van der Waals surface area contributed by atoms with Gasteiger partial charge < -0.3 is 11.5 Å². The monoisotopic (exact) mass is 392 g/mol. The summed E-state index contributed by atoms with van der Waals surface area (Å²) in [6, 6.07) is 32.0. The lowest BCUT2D eigenvalue weighted by Crippen LogP contribution is -2.26. The van der Waals surface area contributed by atoms with Crippen LogP contribution in [-0.2, 0) is 5.41 Å². The Labute approximate surface area is 179 Å². The SMILES string of the molecule is Cc1cc(C(C)(c2ccc(-c3ccccc3)cc2)c2ccc(N)c(C)c2)ccc1N. The Balaban J connectivity index is 1.88. The van der Waals surface area contributed by atoms with E-state index in [4.69, 9.17) is 11.5 Å². The van der Waals surface area contributed by atoms with E-state index in [1.165, 1.54) is 27.8 Å². The molecule has 0 fully saturated rings. The second kappa shape index (κ2) is 7.72. The first-order valence-electron chi connectivity index (χ1n) is 10.3. The summed E-state index contributed by atoms with van der Waals surface area (Å²) in [5.41, 5.74) is 21.8. The number of benzene rings is 4. The lowest BCUT2D eigenvalue weighted by Gasteiger charge is -2.33. The van der Waals surface area contributed by atoms with E-state index < -0.39 is 0 Å². The average molecular weight is 393 g/mol. The quantitative estimate of drug-likeness (QED) is 0.308. The van der Waals surface area contributed by atoms with Gasteiger partial charge in [-0.05, 0) is 71.8 Å². The molecule has 0 aliphatic carbocycles. The van der Waals surface area contributed by atoms with Gasteiger partial charge in [0.05, 0.1) is 0 Å². The first-order valence-corrected chi connectivity index (χ1v) is 10.3. The standard InChI is InChI=1S/C28H28N2/c1-19-17-24(13-15-26(19)29)28(3,25-14-16-27(30)20(2)18-25)23-11-9-22(10-12-23)21-7-5-4-6-8-21/h4-18H,29-30H2,1-3H3. The summed E-state index contributed by atoms with van der Waals surface area (Å²) >= 11 is 0. The summed E-state index contributed by atoms with van der Waals surface area (Å²) in [4.78, 5) is 0. The zero-order chi connectivity index (χ0) is 21.3. The number of anilines is 2. The van der Waals surface area contributed by atoms with Gasteiger partial charge in [0.2, 0.25) is 0 Å². The van der Waals surface area contributed by atoms with Crippen LogP contribution >= 0.6 is 0 Å². The van der Waals surface area contributed by atoms with Crippen molar-refractivity contribution in [3.63, 3.8) is 0 Å². The van der Waals surface area contributed by atoms with Gasteiger partial charge >= 0.3 is 0 Å². The van der Waals surface area contributed by atoms with Crippen molar-refractivity contribution in [3.8, 4) is 11.1 Å². The second-order valence-electron chi connectivity index (χ2n) is 8.21. The molecule has 4 aromatic rings. The maximum atomic E-state index is 6.12. The van der Waals surface area contributed by atoms with Crippen LogP contribution in [-0.4, -0.2) is 0 Å². The third-order valence-electron chi connectivity index (χ3n) is 6.26. The van der Waals surface area contributed by atoms with Crippen molar-refractivity contribution in [1.29, 1.82) is 0 Å². The molecule has 4 rings (SSSR count). The van der Waals surface area contributed by atoms with Crippen LogP contribution in [0.15, 0.2) is 91.0 Å². The zero-order valence-electron chi connectivity index (χ0n) is 17.8. The Kier molecular flexibility index (Phi) is 5.09. The van der Waals surface area contributed by atoms with E-state index in [-0.39, 0.29) is 5.41 Å². The van der Waals surface area contributed by atoms with E-state index in [9.17, 15) is 0 Å². The van der Waals surface area contributed by atoms with Gasteiger partial charge in [0.1, 0.15) is 0 Å². The summed E-state index contributed by atoms with van der Waals surface area (Å²) in [6.45, 7) is 6.40. The maximum absolute atomic E-state index is 6.12. The molecule has 0 aromatic heterocycles. The Morgan fingerprint density at radius 2 is 0.967 bits per heavy atom. The second-order valence-corrected chi connectivity index (χ2v) is 8.21. The first kappa shape index (κ1) is 19.8. The summed E-state index contributed by atoms with van der Waals surface area (Å²) in [5.74, 6) is 0. The maximum Gasteiger partial charge on any atom is 0.0423 e. The average Bonchev–Trinajstić information content (AvgIpc) is 2.77. The van der Waals surface area contributed by atoms with Crippen LogP contribution in [0.25, 0.3) is 11.1 Å². The molecule has 0 heterocycles. The van der Waals surface area contributed by atoms with Crippen LogP contribution in [0, 0.1) is 13.8 Å². The predicted molar refractivity (Wildman–Crippen MR) is 129 cm³/mol. The molecule has 150 valence electrons. The van der Waals surface area contributed by atoms with Gasteiger partial charge in [-0.3, -0.25) is 0 Å². The van der Waals surface area contributed by atoms with Crippen molar-refractivity contribution in [1.82, 2.24) is 0 Å². The van der Waals surface area contributed by atoms with Crippen LogP contribution in [0.3, 0.4) is 0 Å². The Hall–Kier alpha value is -3.52. The molecule has 0 unspecified atom stereocenters. The summed E-state index contributed by atoms with van der Waals surface area (Å²) in [6.07, 6.45) is 0. The van der Waals surface area contributed by atoms with Crippen molar-refractivity contribution in [2.24, 2.45) is 0 Å². The minimum atomic E-state index is -0.327. The van der Waals surface area contributed by atoms with E-state index in [0.717, 1.165) is 22.5 Å². The van der Waals surface area contributed by atoms with Gasteiger partial charge in [-0.25, -0.2) is 0 Å². The molecule has 4 N–H and O–H groups in total. The van der Waals surface area contributed by atoms with E-state index in [1.54, 1.807) is 0 Å². The first-order chi connectivity index (χ1) is 14.4. The number of nitrogens with two attached hydrogens (primary N) is 2. The molecule has 0 aliphatic rings. The van der Waals surface area contributed by atoms with Crippen LogP contribution < -0.4 is 11.5 Å². The normalized spacial score (nSPS) is 11.4. The molecule has 30 heavy (non-hydrogen) atoms. The fourth-order valence-corrected chi connectivity index (χ4v) is 4.10. The van der Waals surface area contributed by atoms with Crippen molar-refractivity contribution in [2.45, 2.75) is 26.2 Å². The number of rotatable bonds is 4. The van der Waals surface area contributed by atoms with E-state index in [0.29, 0.717) is 0 Å². The Morgan fingerprint density at radius 1 is 0.533 bits per heavy atom. The van der Waals surface area contributed by atoms with Gasteiger partial charge in [-0.15, -0.1) is 0 Å². The smallest absolute Gasteiger partial charge is 0.0423 e. The molecule has 4 aromatic carbocycles. The third kappa shape index (κ3) is 3.46. The van der Waals surface area contributed by atoms with E-state index in [2.05, 4.69) is 93.6 Å². The summed E-state index contributed by atoms with van der Waals surface area (Å²) in [5, 5.41) is 0. The van der Waals surface area contributed by atoms with Gasteiger partial charge in [-0.1, -0.05) is 78.9 Å². The van der Waals surface area contributed by atoms with Crippen LogP contribution in [0.2, 0.25) is 0 Å². The lowest BCUT2D eigenvalue weighted by molar-refractivity contribution is 0.691. The molecule has 0 bridgehead atoms. The highest BCUT2D eigenvalue weighted by atomic mass is 14.6. The fourth-order valence-electron chi connectivity index (χ4n) is 4.10. The van der Waals surface area contributed by atoms with Gasteiger partial charge in [0.15, 0.2) is 0 Å². The van der Waals surface area contributed by atoms with Crippen molar-refractivity contribution in [2.75, 3.05) is 11.5 Å². The molecule has 0 saturated carbocycles. The number of hydrogen-bond acceptors (Lipinski definition) is 2. The molecular weight excluding hydrogens is 364 g/mol. The predicted octanol–water partition coefficient (Wildman–Crippen LogP) is 6.49.